The van der Waals surface area contributed by atoms with Gasteiger partial charge in [-0.1, -0.05) is 42.0 Å². The van der Waals surface area contributed by atoms with Crippen molar-refractivity contribution in [3.05, 3.63) is 265 Å². The van der Waals surface area contributed by atoms with Crippen LogP contribution in [0.15, 0.2) is 192 Å². The highest BCUT2D eigenvalue weighted by atomic mass is 16.4. The average Bonchev–Trinajstić information content (AvgIpc) is 1.59. The molecular weight excluding hydrogens is 1490 g/mol. The van der Waals surface area contributed by atoms with Crippen molar-refractivity contribution < 1.29 is 44.9 Å². The lowest BCUT2D eigenvalue weighted by atomic mass is 9.59. The Morgan fingerprint density at radius 3 is 0.908 bits per heavy atom. The molecule has 0 saturated carbocycles. The van der Waals surface area contributed by atoms with Crippen LogP contribution < -0.4 is 46.9 Å². The van der Waals surface area contributed by atoms with Crippen molar-refractivity contribution in [3.8, 4) is 0 Å². The summed E-state index contributed by atoms with van der Waals surface area (Å²) in [5.41, 5.74) is 26.6. The van der Waals surface area contributed by atoms with Crippen molar-refractivity contribution in [3.63, 3.8) is 0 Å². The topological polar surface area (TPSA) is 166 Å². The largest absolute Gasteiger partial charge is 0.406 e. The van der Waals surface area contributed by atoms with Gasteiger partial charge < -0.3 is 22.1 Å². The first-order valence-electron chi connectivity index (χ1n) is 41.5. The van der Waals surface area contributed by atoms with E-state index in [-0.39, 0.29) is 34.2 Å². The molecule has 0 atom stereocenters. The third-order valence-electron chi connectivity index (χ3n) is 23.8. The fourth-order valence-corrected chi connectivity index (χ4v) is 17.4. The molecular formula is C95H105B5N15O5+5. The van der Waals surface area contributed by atoms with Crippen LogP contribution >= 0.6 is 0 Å². The van der Waals surface area contributed by atoms with Crippen LogP contribution in [0.25, 0.3) is 84.4 Å². The number of allylic oxidation sites excluding steroid dienone is 3. The van der Waals surface area contributed by atoms with E-state index in [9.17, 15) is 0 Å². The maximum Gasteiger partial charge on any atom is 0.406 e. The number of nitrogens with zero attached hydrogens (tertiary/aromatic N) is 15. The second kappa shape index (κ2) is 31.8. The number of hydrogen-bond acceptors (Lipinski definition) is 15. The van der Waals surface area contributed by atoms with Gasteiger partial charge in [-0.15, -0.1) is 0 Å². The molecule has 5 aliphatic heterocycles. The molecule has 0 saturated heterocycles. The van der Waals surface area contributed by atoms with E-state index in [0.717, 1.165) is 142 Å². The zero-order valence-electron chi connectivity index (χ0n) is 74.0. The van der Waals surface area contributed by atoms with Crippen molar-refractivity contribution in [2.75, 3.05) is 24.1 Å². The summed E-state index contributed by atoms with van der Waals surface area (Å²) in [7, 11) is 10.4. The number of furan rings is 5. The molecule has 0 aromatic carbocycles. The first-order valence-corrected chi connectivity index (χ1v) is 41.5. The molecule has 15 aromatic rings. The number of pyridine rings is 10. The number of anilines is 10. The summed E-state index contributed by atoms with van der Waals surface area (Å²) in [5.74, 6) is 21.3. The molecule has 20 rings (SSSR count). The van der Waals surface area contributed by atoms with Gasteiger partial charge >= 0.3 is 34.2 Å². The van der Waals surface area contributed by atoms with E-state index in [0.29, 0.717) is 28.6 Å². The highest BCUT2D eigenvalue weighted by Gasteiger charge is 2.45. The Morgan fingerprint density at radius 1 is 0.275 bits per heavy atom. The molecule has 0 bridgehead atoms. The van der Waals surface area contributed by atoms with Crippen molar-refractivity contribution in [1.82, 2.24) is 24.9 Å². The summed E-state index contributed by atoms with van der Waals surface area (Å²) >= 11 is 0. The SMILES string of the molecule is CB1C=C(C)c2c(oc3nc(C)ccc23)N1c1cc(C)c(C)c[n+]1C.CB1C=C(C)c2c(oc3nc(C)ccc23)N1c1cc(C)cc[n+]1C.CB1C=C(C)c2c(oc3nc(C)ccc23)N1c1ccc(C)c[n+]1C.CB1C=Cc2c(oc3nc(C)ccc23)N1c1cc(C)c(C)c[n+]1C.CB1C=Cc2c(oc3nc(C)ccc23)N1c1cc(C)cc[n+]1C. The van der Waals surface area contributed by atoms with Gasteiger partial charge in [0.15, 0.2) is 0 Å². The molecule has 0 amide bonds. The zero-order valence-corrected chi connectivity index (χ0v) is 74.0. The number of aryl methyl sites for hydroxylation is 17. The Bertz CT molecular complexity index is 6820. The maximum atomic E-state index is 6.26. The van der Waals surface area contributed by atoms with Gasteiger partial charge in [0, 0.05) is 58.8 Å². The highest BCUT2D eigenvalue weighted by molar-refractivity contribution is 6.72. The predicted molar refractivity (Wildman–Crippen MR) is 493 cm³/mol. The molecule has 120 heavy (non-hydrogen) atoms. The fourth-order valence-electron chi connectivity index (χ4n) is 17.4. The molecule has 20 nitrogen and oxygen atoms in total. The van der Waals surface area contributed by atoms with Crippen molar-refractivity contribution in [2.24, 2.45) is 35.2 Å². The van der Waals surface area contributed by atoms with Gasteiger partial charge in [0.05, 0.1) is 121 Å². The quantitative estimate of drug-likeness (QED) is 0.118. The Hall–Kier alpha value is -12.8. The van der Waals surface area contributed by atoms with Crippen LogP contribution in [0.3, 0.4) is 0 Å². The van der Waals surface area contributed by atoms with E-state index in [2.05, 4.69) is 362 Å². The van der Waals surface area contributed by atoms with Crippen LogP contribution in [-0.4, -0.2) is 59.2 Å². The van der Waals surface area contributed by atoms with Gasteiger partial charge in [0.1, 0.15) is 0 Å². The van der Waals surface area contributed by atoms with Crippen LogP contribution in [0.5, 0.6) is 0 Å². The number of fused-ring (bicyclic) bond motifs is 15. The van der Waals surface area contributed by atoms with Gasteiger partial charge in [-0.25, -0.2) is 47.8 Å². The Balaban J connectivity index is 0.000000112. The van der Waals surface area contributed by atoms with Crippen molar-refractivity contribution in [2.45, 2.75) is 138 Å². The summed E-state index contributed by atoms with van der Waals surface area (Å²) in [4.78, 5) is 34.1. The van der Waals surface area contributed by atoms with Crippen LogP contribution in [0.4, 0.5) is 58.5 Å². The van der Waals surface area contributed by atoms with E-state index in [4.69, 9.17) is 22.1 Å². The minimum absolute atomic E-state index is 0.211. The molecule has 0 aliphatic carbocycles. The summed E-state index contributed by atoms with van der Waals surface area (Å²) in [6.07, 6.45) is 15.0. The van der Waals surface area contributed by atoms with Gasteiger partial charge in [-0.3, -0.25) is 24.1 Å². The normalized spacial score (nSPS) is 14.0. The highest BCUT2D eigenvalue weighted by Crippen LogP contribution is 2.48. The van der Waals surface area contributed by atoms with Crippen LogP contribution in [0, 0.1) is 83.1 Å². The minimum atomic E-state index is 0.211. The van der Waals surface area contributed by atoms with E-state index in [1.165, 1.54) is 55.7 Å². The maximum absolute atomic E-state index is 6.26. The summed E-state index contributed by atoms with van der Waals surface area (Å²) in [6, 6.07) is 38.1. The van der Waals surface area contributed by atoms with Crippen LogP contribution in [0.2, 0.25) is 34.1 Å². The number of hydrogen-bond donors (Lipinski definition) is 0. The van der Waals surface area contributed by atoms with Gasteiger partial charge in [0.25, 0.3) is 58.5 Å². The van der Waals surface area contributed by atoms with E-state index in [1.54, 1.807) is 0 Å². The van der Waals surface area contributed by atoms with Crippen LogP contribution in [0.1, 0.15) is 116 Å². The van der Waals surface area contributed by atoms with Gasteiger partial charge in [-0.2, -0.15) is 0 Å². The second-order valence-electron chi connectivity index (χ2n) is 33.6. The average molecular weight is 1590 g/mol. The molecule has 15 aromatic heterocycles. The first kappa shape index (κ1) is 81.0. The van der Waals surface area contributed by atoms with E-state index < -0.39 is 0 Å². The van der Waals surface area contributed by atoms with Crippen molar-refractivity contribution >= 4 is 177 Å². The molecule has 5 aliphatic rings. The molecule has 0 unspecified atom stereocenters. The summed E-state index contributed by atoms with van der Waals surface area (Å²) in [6.45, 7) is 43.3. The molecule has 0 spiro atoms. The standard InChI is InChI=1S/C20H23BN3O.3C19H21BN3O.C18H19BN3O/c1-12-9-17(23(6)11-14(12)3)24-20-18(13(2)10-21(24)5)16-8-7-15(4)22-19(16)25-20;1-12-6-9-16(22(5)11-12)23-19-17(13(2)10-20(23)4)15-8-7-14(3)21-18(15)24-19;1-12-10-17(22(5)11-13(12)2)23-19-16(8-9-20(23)4)15-7-6-14(3)21-18(15)24-19;1-12-8-9-22(5)16(10-12)23-19-17(13(2)11-20(23)4)15-7-6-14(3)21-18(15)24-19;1-12-8-10-21(4)16(11-12)22-18-15(7-9-19(22)3)14-6-5-13(2)20-17(14)23-18/h7-11H,1-6H3;3*6-11H,1-5H3;5-11H,1-4H3/q5*+1. The molecule has 0 N–H and O–H groups in total. The zero-order chi connectivity index (χ0) is 85.0. The lowest BCUT2D eigenvalue weighted by molar-refractivity contribution is -0.658. The molecule has 0 radical (unpaired) electrons. The Labute approximate surface area is 705 Å². The van der Waals surface area contributed by atoms with E-state index >= 15 is 0 Å². The summed E-state index contributed by atoms with van der Waals surface area (Å²) < 4.78 is 41.8. The van der Waals surface area contributed by atoms with Gasteiger partial charge in [0.2, 0.25) is 28.6 Å². The predicted octanol–water partition coefficient (Wildman–Crippen LogP) is 19.8. The summed E-state index contributed by atoms with van der Waals surface area (Å²) in [5, 5.41) is 5.37. The fraction of sp³-hybridized carbons (Fsp3) is 0.263. The Morgan fingerprint density at radius 2 is 0.567 bits per heavy atom. The van der Waals surface area contributed by atoms with E-state index in [1.807, 2.05) is 65.0 Å². The Kier molecular flexibility index (Phi) is 21.5. The first-order chi connectivity index (χ1) is 57.3. The number of aromatic nitrogens is 10. The third-order valence-corrected chi connectivity index (χ3v) is 23.8. The molecule has 25 heteroatoms. The lowest BCUT2D eigenvalue weighted by Crippen LogP contribution is -2.44. The van der Waals surface area contributed by atoms with Gasteiger partial charge in [-0.05, 0) is 272 Å². The number of rotatable bonds is 5. The molecule has 600 valence electrons. The second-order valence-corrected chi connectivity index (χ2v) is 33.6. The molecule has 0 fully saturated rings. The molecule has 20 heterocycles. The monoisotopic (exact) mass is 1590 g/mol. The third kappa shape index (κ3) is 14.9. The van der Waals surface area contributed by atoms with Crippen molar-refractivity contribution in [1.29, 1.82) is 0 Å². The lowest BCUT2D eigenvalue weighted by Gasteiger charge is -2.24. The smallest absolute Gasteiger partial charge is 0.404 e. The minimum Gasteiger partial charge on any atom is -0.404 e. The van der Waals surface area contributed by atoms with Crippen LogP contribution in [-0.2, 0) is 35.2 Å².